The van der Waals surface area contributed by atoms with Gasteiger partial charge in [-0.05, 0) is 38.5 Å². The van der Waals surface area contributed by atoms with E-state index in [1.54, 1.807) is 19.1 Å². The first-order valence-electron chi connectivity index (χ1n) is 8.11. The molecule has 0 aliphatic carbocycles. The lowest BCUT2D eigenvalue weighted by Crippen LogP contribution is -2.53. The van der Waals surface area contributed by atoms with Crippen LogP contribution in [0.4, 0.5) is 5.69 Å². The molecule has 25 heavy (non-hydrogen) atoms. The Morgan fingerprint density at radius 3 is 2.80 bits per heavy atom. The van der Waals surface area contributed by atoms with Crippen LogP contribution in [0.15, 0.2) is 29.2 Å². The molecule has 1 heterocycles. The summed E-state index contributed by atoms with van der Waals surface area (Å²) in [7, 11) is -3.61. The maximum atomic E-state index is 12.3. The Morgan fingerprint density at radius 1 is 1.44 bits per heavy atom. The molecule has 1 aromatic rings. The highest BCUT2D eigenvalue weighted by molar-refractivity contribution is 7.89. The summed E-state index contributed by atoms with van der Waals surface area (Å²) in [6.45, 7) is 6.71. The van der Waals surface area contributed by atoms with Crippen LogP contribution in [0.25, 0.3) is 0 Å². The number of nitrogens with one attached hydrogen (secondary N) is 3. The van der Waals surface area contributed by atoms with Crippen molar-refractivity contribution in [2.24, 2.45) is 0 Å². The molecular formula is C16H26ClN3O4S. The molecule has 142 valence electrons. The van der Waals surface area contributed by atoms with Crippen LogP contribution in [0.1, 0.15) is 27.2 Å². The third kappa shape index (κ3) is 5.93. The number of carbonyl (C=O) groups excluding carboxylic acids is 1. The first-order chi connectivity index (χ1) is 11.3. The van der Waals surface area contributed by atoms with Crippen LogP contribution in [0.5, 0.6) is 0 Å². The van der Waals surface area contributed by atoms with Gasteiger partial charge in [-0.25, -0.2) is 13.1 Å². The lowest BCUT2D eigenvalue weighted by molar-refractivity contribution is -0.123. The molecule has 0 radical (unpaired) electrons. The smallest absolute Gasteiger partial charge is 0.244 e. The SMILES string of the molecule is CCC(C)NS(=O)(=O)c1cccc(NC(=O)[C@H]2NCCO[C@@H]2C)c1.Cl. The Hall–Kier alpha value is -1.19. The van der Waals surface area contributed by atoms with Gasteiger partial charge in [0.05, 0.1) is 17.6 Å². The lowest BCUT2D eigenvalue weighted by Gasteiger charge is -2.29. The molecular weight excluding hydrogens is 366 g/mol. The minimum Gasteiger partial charge on any atom is -0.375 e. The molecule has 1 unspecified atom stereocenters. The second kappa shape index (κ2) is 9.49. The van der Waals surface area contributed by atoms with Crippen molar-refractivity contribution in [1.82, 2.24) is 10.0 Å². The summed E-state index contributed by atoms with van der Waals surface area (Å²) in [6.07, 6.45) is 0.457. The largest absolute Gasteiger partial charge is 0.375 e. The molecule has 1 aromatic carbocycles. The topological polar surface area (TPSA) is 96.5 Å². The number of anilines is 1. The van der Waals surface area contributed by atoms with Crippen LogP contribution in [0.2, 0.25) is 0 Å². The Morgan fingerprint density at radius 2 is 2.16 bits per heavy atom. The van der Waals surface area contributed by atoms with Crippen molar-refractivity contribution in [3.63, 3.8) is 0 Å². The highest BCUT2D eigenvalue weighted by Gasteiger charge is 2.28. The van der Waals surface area contributed by atoms with Crippen molar-refractivity contribution in [1.29, 1.82) is 0 Å². The Balaban J connectivity index is 0.00000312. The quantitative estimate of drug-likeness (QED) is 0.682. The van der Waals surface area contributed by atoms with E-state index in [-0.39, 0.29) is 35.4 Å². The standard InChI is InChI=1S/C16H25N3O4S.ClH/c1-4-11(2)19-24(21,22)14-7-5-6-13(10-14)18-16(20)15-12(3)23-9-8-17-15;/h5-7,10-12,15,17,19H,4,8-9H2,1-3H3,(H,18,20);1H/t11?,12-,15+;/m1./s1. The molecule has 1 saturated heterocycles. The fourth-order valence-corrected chi connectivity index (χ4v) is 3.78. The van der Waals surface area contributed by atoms with Gasteiger partial charge < -0.3 is 15.4 Å². The van der Waals surface area contributed by atoms with E-state index in [0.717, 1.165) is 0 Å². The molecule has 2 rings (SSSR count). The second-order valence-corrected chi connectivity index (χ2v) is 7.67. The van der Waals surface area contributed by atoms with Gasteiger partial charge in [0.15, 0.2) is 0 Å². The van der Waals surface area contributed by atoms with E-state index in [9.17, 15) is 13.2 Å². The fraction of sp³-hybridized carbons (Fsp3) is 0.562. The molecule has 1 aliphatic heterocycles. The first kappa shape index (κ1) is 21.9. The molecule has 0 spiro atoms. The molecule has 9 heteroatoms. The van der Waals surface area contributed by atoms with Gasteiger partial charge in [-0.2, -0.15) is 0 Å². The predicted molar refractivity (Wildman–Crippen MR) is 99.6 cm³/mol. The van der Waals surface area contributed by atoms with Crippen molar-refractivity contribution in [2.45, 2.75) is 50.3 Å². The van der Waals surface area contributed by atoms with Crippen LogP contribution < -0.4 is 15.4 Å². The van der Waals surface area contributed by atoms with Crippen LogP contribution in [0, 0.1) is 0 Å². The lowest BCUT2D eigenvalue weighted by atomic mass is 10.1. The summed E-state index contributed by atoms with van der Waals surface area (Å²) < 4.78 is 32.7. The molecule has 1 aliphatic rings. The summed E-state index contributed by atoms with van der Waals surface area (Å²) in [6, 6.07) is 5.61. The van der Waals surface area contributed by atoms with Gasteiger partial charge in [0.1, 0.15) is 6.04 Å². The number of amides is 1. The van der Waals surface area contributed by atoms with E-state index in [2.05, 4.69) is 15.4 Å². The number of rotatable bonds is 6. The molecule has 0 bridgehead atoms. The molecule has 7 nitrogen and oxygen atoms in total. The number of ether oxygens (including phenoxy) is 1. The monoisotopic (exact) mass is 391 g/mol. The van der Waals surface area contributed by atoms with E-state index < -0.39 is 16.1 Å². The zero-order valence-electron chi connectivity index (χ0n) is 14.6. The molecule has 0 saturated carbocycles. The van der Waals surface area contributed by atoms with Crippen LogP contribution in [-0.2, 0) is 19.6 Å². The van der Waals surface area contributed by atoms with Crippen LogP contribution in [0.3, 0.4) is 0 Å². The van der Waals surface area contributed by atoms with Crippen molar-refractivity contribution >= 4 is 34.0 Å². The van der Waals surface area contributed by atoms with E-state index in [1.165, 1.54) is 12.1 Å². The van der Waals surface area contributed by atoms with Gasteiger partial charge in [0.25, 0.3) is 0 Å². The third-order valence-corrected chi connectivity index (χ3v) is 5.57. The third-order valence-electron chi connectivity index (χ3n) is 3.98. The normalized spacial score (nSPS) is 21.9. The molecule has 1 fully saturated rings. The summed E-state index contributed by atoms with van der Waals surface area (Å²) >= 11 is 0. The van der Waals surface area contributed by atoms with E-state index >= 15 is 0 Å². The van der Waals surface area contributed by atoms with Crippen molar-refractivity contribution < 1.29 is 17.9 Å². The summed E-state index contributed by atoms with van der Waals surface area (Å²) in [5.74, 6) is -0.244. The highest BCUT2D eigenvalue weighted by Crippen LogP contribution is 2.17. The van der Waals surface area contributed by atoms with E-state index in [4.69, 9.17) is 4.74 Å². The fourth-order valence-electron chi connectivity index (χ4n) is 2.40. The average molecular weight is 392 g/mol. The van der Waals surface area contributed by atoms with Gasteiger partial charge >= 0.3 is 0 Å². The first-order valence-corrected chi connectivity index (χ1v) is 9.60. The second-order valence-electron chi connectivity index (χ2n) is 5.96. The van der Waals surface area contributed by atoms with Gasteiger partial charge in [-0.15, -0.1) is 12.4 Å². The summed E-state index contributed by atoms with van der Waals surface area (Å²) in [5, 5.41) is 5.85. The molecule has 3 N–H and O–H groups in total. The van der Waals surface area contributed by atoms with Crippen molar-refractivity contribution in [3.05, 3.63) is 24.3 Å². The molecule has 1 amide bonds. The van der Waals surface area contributed by atoms with Crippen LogP contribution in [-0.4, -0.2) is 45.7 Å². The number of sulfonamides is 1. The summed E-state index contributed by atoms with van der Waals surface area (Å²) in [4.78, 5) is 12.5. The Labute approximate surface area is 155 Å². The molecule has 0 aromatic heterocycles. The maximum absolute atomic E-state index is 12.3. The average Bonchev–Trinajstić information content (AvgIpc) is 2.55. The molecule has 3 atom stereocenters. The minimum atomic E-state index is -3.61. The van der Waals surface area contributed by atoms with E-state index in [0.29, 0.717) is 25.3 Å². The number of hydrogen-bond donors (Lipinski definition) is 3. The van der Waals surface area contributed by atoms with Gasteiger partial charge in [-0.1, -0.05) is 13.0 Å². The highest BCUT2D eigenvalue weighted by atomic mass is 35.5. The zero-order chi connectivity index (χ0) is 17.7. The minimum absolute atomic E-state index is 0. The number of benzene rings is 1. The summed E-state index contributed by atoms with van der Waals surface area (Å²) in [5.41, 5.74) is 0.437. The van der Waals surface area contributed by atoms with Gasteiger partial charge in [0, 0.05) is 18.3 Å². The predicted octanol–water partition coefficient (Wildman–Crippen LogP) is 1.50. The number of halogens is 1. The van der Waals surface area contributed by atoms with Crippen molar-refractivity contribution in [2.75, 3.05) is 18.5 Å². The number of carbonyl (C=O) groups is 1. The van der Waals surface area contributed by atoms with Crippen molar-refractivity contribution in [3.8, 4) is 0 Å². The Bertz CT molecular complexity index is 684. The number of morpholine rings is 1. The van der Waals surface area contributed by atoms with Gasteiger partial charge in [-0.3, -0.25) is 4.79 Å². The van der Waals surface area contributed by atoms with E-state index in [1.807, 2.05) is 13.8 Å². The van der Waals surface area contributed by atoms with Gasteiger partial charge in [0.2, 0.25) is 15.9 Å². The van der Waals surface area contributed by atoms with Crippen LogP contribution >= 0.6 is 12.4 Å². The Kier molecular flexibility index (Phi) is 8.30. The zero-order valence-corrected chi connectivity index (χ0v) is 16.2. The maximum Gasteiger partial charge on any atom is 0.244 e. The number of hydrogen-bond acceptors (Lipinski definition) is 5.